The normalized spacial score (nSPS) is 10.4. The van der Waals surface area contributed by atoms with Crippen molar-refractivity contribution in [1.29, 1.82) is 0 Å². The summed E-state index contributed by atoms with van der Waals surface area (Å²) < 4.78 is 14.7. The lowest BCUT2D eigenvalue weighted by molar-refractivity contribution is 0.0817. The molecule has 1 aromatic heterocycles. The Morgan fingerprint density at radius 3 is 2.50 bits per heavy atom. The van der Waals surface area contributed by atoms with Gasteiger partial charge in [-0.2, -0.15) is 0 Å². The first-order valence-corrected chi connectivity index (χ1v) is 5.69. The van der Waals surface area contributed by atoms with Crippen LogP contribution in [0.5, 0.6) is 0 Å². The highest BCUT2D eigenvalue weighted by molar-refractivity contribution is 5.92. The van der Waals surface area contributed by atoms with Gasteiger partial charge in [-0.1, -0.05) is 12.1 Å². The minimum atomic E-state index is -0.254. The predicted octanol–water partition coefficient (Wildman–Crippen LogP) is 2.38. The summed E-state index contributed by atoms with van der Waals surface area (Å²) in [6.07, 6.45) is 1.85. The third-order valence-corrected chi connectivity index (χ3v) is 2.72. The Kier molecular flexibility index (Phi) is 3.46. The van der Waals surface area contributed by atoms with Crippen molar-refractivity contribution in [3.63, 3.8) is 0 Å². The fourth-order valence-corrected chi connectivity index (χ4v) is 1.76. The summed E-state index contributed by atoms with van der Waals surface area (Å²) in [6.45, 7) is 0.558. The van der Waals surface area contributed by atoms with Gasteiger partial charge in [-0.25, -0.2) is 4.39 Å². The number of hydrogen-bond acceptors (Lipinski definition) is 1. The molecule has 2 aromatic rings. The molecule has 0 spiro atoms. The maximum atomic E-state index is 12.8. The monoisotopic (exact) mass is 246 g/mol. The second-order valence-corrected chi connectivity index (χ2v) is 4.35. The molecule has 1 heterocycles. The lowest BCUT2D eigenvalue weighted by atomic mass is 10.2. The summed E-state index contributed by atoms with van der Waals surface area (Å²) in [4.78, 5) is 13.5. The van der Waals surface area contributed by atoms with E-state index in [1.165, 1.54) is 17.0 Å². The Balaban J connectivity index is 2.22. The summed E-state index contributed by atoms with van der Waals surface area (Å²) >= 11 is 0. The van der Waals surface area contributed by atoms with Gasteiger partial charge in [0.25, 0.3) is 5.91 Å². The SMILES string of the molecule is CN(C)C(=O)c1cccn1Cc1ccc(F)cc1. The zero-order chi connectivity index (χ0) is 13.1. The highest BCUT2D eigenvalue weighted by Gasteiger charge is 2.12. The van der Waals surface area contributed by atoms with Crippen molar-refractivity contribution in [2.45, 2.75) is 6.54 Å². The Morgan fingerprint density at radius 1 is 1.22 bits per heavy atom. The molecule has 0 radical (unpaired) electrons. The second kappa shape index (κ2) is 5.04. The van der Waals surface area contributed by atoms with E-state index in [9.17, 15) is 9.18 Å². The molecule has 0 aliphatic carbocycles. The third-order valence-electron chi connectivity index (χ3n) is 2.72. The van der Waals surface area contributed by atoms with Gasteiger partial charge < -0.3 is 9.47 Å². The number of aromatic nitrogens is 1. The van der Waals surface area contributed by atoms with Crippen LogP contribution in [0.3, 0.4) is 0 Å². The van der Waals surface area contributed by atoms with E-state index in [1.807, 2.05) is 16.8 Å². The second-order valence-electron chi connectivity index (χ2n) is 4.35. The van der Waals surface area contributed by atoms with E-state index in [0.29, 0.717) is 12.2 Å². The van der Waals surface area contributed by atoms with E-state index < -0.39 is 0 Å². The van der Waals surface area contributed by atoms with Gasteiger partial charge in [0.2, 0.25) is 0 Å². The Labute approximate surface area is 105 Å². The first-order chi connectivity index (χ1) is 8.58. The van der Waals surface area contributed by atoms with Gasteiger partial charge in [-0.15, -0.1) is 0 Å². The number of halogens is 1. The molecular formula is C14H15FN2O. The van der Waals surface area contributed by atoms with Crippen molar-refractivity contribution in [2.24, 2.45) is 0 Å². The highest BCUT2D eigenvalue weighted by atomic mass is 19.1. The van der Waals surface area contributed by atoms with Crippen LogP contribution in [-0.2, 0) is 6.54 Å². The summed E-state index contributed by atoms with van der Waals surface area (Å²) in [5, 5.41) is 0. The molecule has 0 N–H and O–H groups in total. The van der Waals surface area contributed by atoms with E-state index in [2.05, 4.69) is 0 Å². The van der Waals surface area contributed by atoms with Crippen LogP contribution in [0.15, 0.2) is 42.6 Å². The number of nitrogens with zero attached hydrogens (tertiary/aromatic N) is 2. The van der Waals surface area contributed by atoms with Crippen LogP contribution in [0, 0.1) is 5.82 Å². The lowest BCUT2D eigenvalue weighted by Gasteiger charge is -2.13. The maximum Gasteiger partial charge on any atom is 0.269 e. The van der Waals surface area contributed by atoms with Crippen molar-refractivity contribution < 1.29 is 9.18 Å². The number of carbonyl (C=O) groups is 1. The van der Waals surface area contributed by atoms with Gasteiger partial charge in [0.1, 0.15) is 11.5 Å². The fourth-order valence-electron chi connectivity index (χ4n) is 1.76. The van der Waals surface area contributed by atoms with Gasteiger partial charge in [-0.05, 0) is 29.8 Å². The lowest BCUT2D eigenvalue weighted by Crippen LogP contribution is -2.24. The fraction of sp³-hybridized carbons (Fsp3) is 0.214. The van der Waals surface area contributed by atoms with Crippen molar-refractivity contribution in [3.8, 4) is 0 Å². The van der Waals surface area contributed by atoms with Crippen molar-refractivity contribution >= 4 is 5.91 Å². The molecule has 1 aromatic carbocycles. The summed E-state index contributed by atoms with van der Waals surface area (Å²) in [5.74, 6) is -0.294. The third kappa shape index (κ3) is 2.59. The first-order valence-electron chi connectivity index (χ1n) is 5.69. The number of carbonyl (C=O) groups excluding carboxylic acids is 1. The van der Waals surface area contributed by atoms with Crippen LogP contribution in [0.1, 0.15) is 16.1 Å². The van der Waals surface area contributed by atoms with Crippen LogP contribution in [0.4, 0.5) is 4.39 Å². The molecule has 0 aliphatic heterocycles. The average molecular weight is 246 g/mol. The minimum Gasteiger partial charge on any atom is -0.343 e. The molecule has 0 unspecified atom stereocenters. The number of amides is 1. The number of benzene rings is 1. The van der Waals surface area contributed by atoms with Gasteiger partial charge in [0.05, 0.1) is 0 Å². The largest absolute Gasteiger partial charge is 0.343 e. The van der Waals surface area contributed by atoms with E-state index in [4.69, 9.17) is 0 Å². The number of rotatable bonds is 3. The standard InChI is InChI=1S/C14H15FN2O/c1-16(2)14(18)13-4-3-9-17(13)10-11-5-7-12(15)8-6-11/h3-9H,10H2,1-2H3. The molecule has 4 heteroatoms. The topological polar surface area (TPSA) is 25.2 Å². The van der Waals surface area contributed by atoms with Gasteiger partial charge in [-0.3, -0.25) is 4.79 Å². The summed E-state index contributed by atoms with van der Waals surface area (Å²) in [7, 11) is 3.44. The van der Waals surface area contributed by atoms with E-state index in [1.54, 1.807) is 32.3 Å². The molecule has 0 bridgehead atoms. The molecule has 1 amide bonds. The summed E-state index contributed by atoms with van der Waals surface area (Å²) in [6, 6.07) is 9.91. The molecule has 0 fully saturated rings. The molecule has 0 saturated heterocycles. The van der Waals surface area contributed by atoms with Crippen LogP contribution in [-0.4, -0.2) is 29.5 Å². The van der Waals surface area contributed by atoms with Crippen LogP contribution in [0.25, 0.3) is 0 Å². The molecule has 18 heavy (non-hydrogen) atoms. The maximum absolute atomic E-state index is 12.8. The van der Waals surface area contributed by atoms with E-state index in [0.717, 1.165) is 5.56 Å². The Morgan fingerprint density at radius 2 is 1.89 bits per heavy atom. The smallest absolute Gasteiger partial charge is 0.269 e. The van der Waals surface area contributed by atoms with E-state index in [-0.39, 0.29) is 11.7 Å². The minimum absolute atomic E-state index is 0.0397. The van der Waals surface area contributed by atoms with Crippen molar-refractivity contribution in [3.05, 3.63) is 59.7 Å². The van der Waals surface area contributed by atoms with Crippen molar-refractivity contribution in [2.75, 3.05) is 14.1 Å². The zero-order valence-electron chi connectivity index (χ0n) is 10.4. The molecular weight excluding hydrogens is 231 g/mol. The average Bonchev–Trinajstić information content (AvgIpc) is 2.79. The highest BCUT2D eigenvalue weighted by Crippen LogP contribution is 2.10. The first kappa shape index (κ1) is 12.4. The number of hydrogen-bond donors (Lipinski definition) is 0. The molecule has 3 nitrogen and oxygen atoms in total. The van der Waals surface area contributed by atoms with Crippen LogP contribution < -0.4 is 0 Å². The molecule has 0 aliphatic rings. The van der Waals surface area contributed by atoms with Crippen molar-refractivity contribution in [1.82, 2.24) is 9.47 Å². The van der Waals surface area contributed by atoms with Crippen LogP contribution >= 0.6 is 0 Å². The predicted molar refractivity (Wildman–Crippen MR) is 68.0 cm³/mol. The Hall–Kier alpha value is -2.10. The zero-order valence-corrected chi connectivity index (χ0v) is 10.4. The molecule has 2 rings (SSSR count). The molecule has 0 saturated carbocycles. The van der Waals surface area contributed by atoms with Gasteiger partial charge in [0.15, 0.2) is 0 Å². The quantitative estimate of drug-likeness (QED) is 0.816. The Bertz CT molecular complexity index is 543. The van der Waals surface area contributed by atoms with Crippen LogP contribution in [0.2, 0.25) is 0 Å². The summed E-state index contributed by atoms with van der Waals surface area (Å²) in [5.41, 5.74) is 1.59. The van der Waals surface area contributed by atoms with E-state index >= 15 is 0 Å². The molecule has 0 atom stereocenters. The van der Waals surface area contributed by atoms with Gasteiger partial charge >= 0.3 is 0 Å². The molecule has 94 valence electrons. The van der Waals surface area contributed by atoms with Gasteiger partial charge in [0, 0.05) is 26.8 Å².